The number of aryl methyl sites for hydroxylation is 1. The fourth-order valence-corrected chi connectivity index (χ4v) is 3.31. The quantitative estimate of drug-likeness (QED) is 0.487. The highest BCUT2D eigenvalue weighted by molar-refractivity contribution is 6.05. The maximum absolute atomic E-state index is 12.6. The van der Waals surface area contributed by atoms with Crippen LogP contribution in [-0.4, -0.2) is 12.5 Å². The third kappa shape index (κ3) is 3.96. The number of nitrogens with one attached hydrogen (secondary N) is 1. The molecule has 5 nitrogen and oxygen atoms in total. The molecule has 4 rings (SSSR count). The zero-order chi connectivity index (χ0) is 21.1. The first kappa shape index (κ1) is 19.5. The molecular weight excluding hydrogens is 378 g/mol. The average molecular weight is 399 g/mol. The molecule has 0 aliphatic rings. The lowest BCUT2D eigenvalue weighted by Gasteiger charge is -2.10. The van der Waals surface area contributed by atoms with Crippen LogP contribution in [0, 0.1) is 6.92 Å². The van der Waals surface area contributed by atoms with E-state index in [1.54, 1.807) is 24.3 Å². The van der Waals surface area contributed by atoms with Gasteiger partial charge in [0, 0.05) is 23.4 Å². The van der Waals surface area contributed by atoms with Gasteiger partial charge in [-0.25, -0.2) is 0 Å². The molecular formula is C25H21NO4. The highest BCUT2D eigenvalue weighted by Crippen LogP contribution is 2.31. The van der Waals surface area contributed by atoms with Gasteiger partial charge in [-0.3, -0.25) is 9.59 Å². The average Bonchev–Trinajstić information content (AvgIpc) is 2.74. The molecule has 1 heterocycles. The number of hydrogen-bond acceptors (Lipinski definition) is 4. The normalized spacial score (nSPS) is 10.7. The molecule has 0 spiro atoms. The lowest BCUT2D eigenvalue weighted by atomic mass is 10.1. The number of anilines is 1. The zero-order valence-electron chi connectivity index (χ0n) is 16.8. The summed E-state index contributed by atoms with van der Waals surface area (Å²) in [7, 11) is 0. The predicted molar refractivity (Wildman–Crippen MR) is 118 cm³/mol. The van der Waals surface area contributed by atoms with Crippen molar-refractivity contribution in [1.29, 1.82) is 0 Å². The maximum Gasteiger partial charge on any atom is 0.255 e. The third-order valence-electron chi connectivity index (χ3n) is 4.72. The molecule has 0 saturated heterocycles. The van der Waals surface area contributed by atoms with Crippen molar-refractivity contribution >= 4 is 22.6 Å². The molecule has 5 heteroatoms. The first-order valence-electron chi connectivity index (χ1n) is 9.73. The summed E-state index contributed by atoms with van der Waals surface area (Å²) in [6.07, 6.45) is 0. The van der Waals surface area contributed by atoms with Crippen LogP contribution in [0.3, 0.4) is 0 Å². The van der Waals surface area contributed by atoms with Gasteiger partial charge in [-0.15, -0.1) is 0 Å². The largest absolute Gasteiger partial charge is 0.493 e. The first-order valence-corrected chi connectivity index (χ1v) is 9.73. The second kappa shape index (κ2) is 8.25. The second-order valence-electron chi connectivity index (χ2n) is 6.94. The Bertz CT molecular complexity index is 1290. The molecule has 0 bridgehead atoms. The van der Waals surface area contributed by atoms with Crippen LogP contribution in [-0.2, 0) is 0 Å². The number of carbonyl (C=O) groups is 1. The number of rotatable bonds is 5. The summed E-state index contributed by atoms with van der Waals surface area (Å²) in [5.74, 6) is 0.836. The van der Waals surface area contributed by atoms with Gasteiger partial charge < -0.3 is 14.5 Å². The molecule has 4 aromatic rings. The van der Waals surface area contributed by atoms with Gasteiger partial charge in [0.25, 0.3) is 5.91 Å². The Kier molecular flexibility index (Phi) is 5.35. The topological polar surface area (TPSA) is 68.5 Å². The highest BCUT2D eigenvalue weighted by atomic mass is 16.5. The Labute approximate surface area is 173 Å². The van der Waals surface area contributed by atoms with Crippen molar-refractivity contribution in [3.63, 3.8) is 0 Å². The monoisotopic (exact) mass is 399 g/mol. The molecule has 3 aromatic carbocycles. The number of carbonyl (C=O) groups excluding carboxylic acids is 1. The number of ether oxygens (including phenoxy) is 1. The Balaban J connectivity index is 1.72. The summed E-state index contributed by atoms with van der Waals surface area (Å²) < 4.78 is 11.7. The van der Waals surface area contributed by atoms with E-state index in [1.165, 1.54) is 6.07 Å². The minimum absolute atomic E-state index is 0.158. The van der Waals surface area contributed by atoms with Crippen LogP contribution in [0.25, 0.3) is 22.3 Å². The van der Waals surface area contributed by atoms with E-state index in [0.717, 1.165) is 5.56 Å². The zero-order valence-corrected chi connectivity index (χ0v) is 16.8. The minimum Gasteiger partial charge on any atom is -0.493 e. The summed E-state index contributed by atoms with van der Waals surface area (Å²) in [5, 5.41) is 3.31. The van der Waals surface area contributed by atoms with Crippen molar-refractivity contribution in [1.82, 2.24) is 0 Å². The Morgan fingerprint density at radius 2 is 1.83 bits per heavy atom. The van der Waals surface area contributed by atoms with Crippen molar-refractivity contribution in [3.05, 3.63) is 94.1 Å². The first-order chi connectivity index (χ1) is 14.5. The summed E-state index contributed by atoms with van der Waals surface area (Å²) in [4.78, 5) is 25.2. The van der Waals surface area contributed by atoms with Gasteiger partial charge in [-0.05, 0) is 50.2 Å². The van der Waals surface area contributed by atoms with E-state index in [9.17, 15) is 9.59 Å². The Morgan fingerprint density at radius 1 is 1.00 bits per heavy atom. The predicted octanol–water partition coefficient (Wildman–Crippen LogP) is 5.42. The molecule has 1 aromatic heterocycles. The number of hydrogen-bond donors (Lipinski definition) is 1. The Morgan fingerprint density at radius 3 is 2.63 bits per heavy atom. The van der Waals surface area contributed by atoms with Crippen LogP contribution >= 0.6 is 0 Å². The van der Waals surface area contributed by atoms with E-state index in [0.29, 0.717) is 45.9 Å². The fourth-order valence-electron chi connectivity index (χ4n) is 3.31. The van der Waals surface area contributed by atoms with Crippen molar-refractivity contribution < 1.29 is 13.9 Å². The molecule has 150 valence electrons. The van der Waals surface area contributed by atoms with Crippen LogP contribution < -0.4 is 15.5 Å². The Hall–Kier alpha value is -3.86. The lowest BCUT2D eigenvalue weighted by Crippen LogP contribution is -2.12. The molecule has 30 heavy (non-hydrogen) atoms. The van der Waals surface area contributed by atoms with E-state index in [2.05, 4.69) is 5.32 Å². The third-order valence-corrected chi connectivity index (χ3v) is 4.72. The smallest absolute Gasteiger partial charge is 0.255 e. The number of benzene rings is 3. The van der Waals surface area contributed by atoms with Gasteiger partial charge in [-0.2, -0.15) is 0 Å². The van der Waals surface area contributed by atoms with Crippen LogP contribution in [0.15, 0.2) is 82.0 Å². The molecule has 0 aliphatic carbocycles. The maximum atomic E-state index is 12.6. The van der Waals surface area contributed by atoms with E-state index < -0.39 is 0 Å². The van der Waals surface area contributed by atoms with E-state index in [-0.39, 0.29) is 11.3 Å². The lowest BCUT2D eigenvalue weighted by molar-refractivity contribution is 0.102. The van der Waals surface area contributed by atoms with Crippen molar-refractivity contribution in [2.24, 2.45) is 0 Å². The van der Waals surface area contributed by atoms with Gasteiger partial charge in [-0.1, -0.05) is 29.8 Å². The fraction of sp³-hybridized carbons (Fsp3) is 0.120. The van der Waals surface area contributed by atoms with Crippen LogP contribution in [0.5, 0.6) is 5.75 Å². The summed E-state index contributed by atoms with van der Waals surface area (Å²) in [5.41, 5.74) is 3.06. The van der Waals surface area contributed by atoms with E-state index in [1.807, 2.05) is 56.3 Å². The van der Waals surface area contributed by atoms with Crippen LogP contribution in [0.4, 0.5) is 5.69 Å². The molecule has 1 N–H and O–H groups in total. The van der Waals surface area contributed by atoms with Gasteiger partial charge in [0.15, 0.2) is 5.43 Å². The second-order valence-corrected chi connectivity index (χ2v) is 6.94. The minimum atomic E-state index is -0.224. The van der Waals surface area contributed by atoms with E-state index >= 15 is 0 Å². The van der Waals surface area contributed by atoms with Gasteiger partial charge in [0.1, 0.15) is 17.1 Å². The summed E-state index contributed by atoms with van der Waals surface area (Å²) in [6, 6.07) is 21.2. The standard InChI is InChI=1S/C25H21NO4/c1-3-29-22-10-5-4-9-20(22)24-15-21(27)19-12-11-18(14-23(19)30-24)26-25(28)17-8-6-7-16(2)13-17/h4-15H,3H2,1-2H3,(H,26,28). The number of amides is 1. The highest BCUT2D eigenvalue weighted by Gasteiger charge is 2.13. The molecule has 0 unspecified atom stereocenters. The number of fused-ring (bicyclic) bond motifs is 1. The molecule has 1 amide bonds. The summed E-state index contributed by atoms with van der Waals surface area (Å²) in [6.45, 7) is 4.34. The van der Waals surface area contributed by atoms with E-state index in [4.69, 9.17) is 9.15 Å². The van der Waals surface area contributed by atoms with Crippen LogP contribution in [0.1, 0.15) is 22.8 Å². The number of para-hydroxylation sites is 1. The SMILES string of the molecule is CCOc1ccccc1-c1cc(=O)c2ccc(NC(=O)c3cccc(C)c3)cc2o1. The van der Waals surface area contributed by atoms with Crippen molar-refractivity contribution in [2.75, 3.05) is 11.9 Å². The van der Waals surface area contributed by atoms with Gasteiger partial charge in [0.05, 0.1) is 17.6 Å². The molecule has 0 saturated carbocycles. The molecule has 0 radical (unpaired) electrons. The molecule has 0 aliphatic heterocycles. The summed E-state index contributed by atoms with van der Waals surface area (Å²) >= 11 is 0. The van der Waals surface area contributed by atoms with Crippen LogP contribution in [0.2, 0.25) is 0 Å². The molecule has 0 atom stereocenters. The van der Waals surface area contributed by atoms with Crippen molar-refractivity contribution in [2.45, 2.75) is 13.8 Å². The van der Waals surface area contributed by atoms with Gasteiger partial charge in [0.2, 0.25) is 0 Å². The van der Waals surface area contributed by atoms with Gasteiger partial charge >= 0.3 is 0 Å². The molecule has 0 fully saturated rings. The van der Waals surface area contributed by atoms with Crippen molar-refractivity contribution in [3.8, 4) is 17.1 Å².